The van der Waals surface area contributed by atoms with Gasteiger partial charge in [-0.2, -0.15) is 0 Å². The van der Waals surface area contributed by atoms with Gasteiger partial charge in [0, 0.05) is 0 Å². The van der Waals surface area contributed by atoms with Crippen LogP contribution in [0.25, 0.3) is 11.1 Å². The molecule has 3 aromatic rings. The van der Waals surface area contributed by atoms with Crippen molar-refractivity contribution in [3.05, 3.63) is 96.1 Å². The first-order valence-corrected chi connectivity index (χ1v) is 8.23. The predicted octanol–water partition coefficient (Wildman–Crippen LogP) is 4.49. The molecule has 2 atom stereocenters. The summed E-state index contributed by atoms with van der Waals surface area (Å²) in [5.74, 6) is -0.365. The third kappa shape index (κ3) is 2.63. The highest BCUT2D eigenvalue weighted by molar-refractivity contribution is 5.85. The van der Waals surface area contributed by atoms with Crippen LogP contribution in [0.1, 0.15) is 17.2 Å². The fraction of sp³-hybridized carbons (Fsp3) is 0.136. The molecule has 3 aromatic carbocycles. The lowest BCUT2D eigenvalue weighted by Crippen LogP contribution is -2.24. The second-order valence-corrected chi connectivity index (χ2v) is 6.08. The van der Waals surface area contributed by atoms with Crippen LogP contribution in [-0.2, 0) is 19.9 Å². The van der Waals surface area contributed by atoms with E-state index in [0.29, 0.717) is 0 Å². The smallest absolute Gasteiger partial charge is 0.346 e. The van der Waals surface area contributed by atoms with E-state index in [1.165, 1.54) is 7.11 Å². The van der Waals surface area contributed by atoms with Gasteiger partial charge in [0.2, 0.25) is 5.60 Å². The van der Waals surface area contributed by atoms with Gasteiger partial charge in [-0.3, -0.25) is 0 Å². The summed E-state index contributed by atoms with van der Waals surface area (Å²) in [7, 11) is 1.39. The molecular weight excluding hydrogens is 312 g/mol. The van der Waals surface area contributed by atoms with E-state index < -0.39 is 5.60 Å². The zero-order valence-corrected chi connectivity index (χ0v) is 13.9. The highest BCUT2D eigenvalue weighted by Crippen LogP contribution is 2.57. The van der Waals surface area contributed by atoms with Crippen LogP contribution < -0.4 is 0 Å². The Labute approximate surface area is 146 Å². The molecule has 0 radical (unpaired) electrons. The summed E-state index contributed by atoms with van der Waals surface area (Å²) >= 11 is 0. The van der Waals surface area contributed by atoms with E-state index in [9.17, 15) is 4.79 Å². The predicted molar refractivity (Wildman–Crippen MR) is 95.8 cm³/mol. The Kier molecular flexibility index (Phi) is 3.86. The van der Waals surface area contributed by atoms with Gasteiger partial charge in [0.1, 0.15) is 6.10 Å². The lowest BCUT2D eigenvalue weighted by atomic mass is 9.91. The third-order valence-electron chi connectivity index (χ3n) is 4.63. The van der Waals surface area contributed by atoms with Crippen LogP contribution in [0.15, 0.2) is 84.9 Å². The Morgan fingerprint density at radius 2 is 1.40 bits per heavy atom. The molecule has 0 amide bonds. The number of rotatable bonds is 4. The van der Waals surface area contributed by atoms with Crippen LogP contribution in [0, 0.1) is 0 Å². The number of esters is 1. The zero-order valence-electron chi connectivity index (χ0n) is 13.9. The molecule has 0 aliphatic carbocycles. The fourth-order valence-electron chi connectivity index (χ4n) is 3.27. The van der Waals surface area contributed by atoms with E-state index in [4.69, 9.17) is 9.47 Å². The van der Waals surface area contributed by atoms with Gasteiger partial charge in [-0.1, -0.05) is 84.9 Å². The largest absolute Gasteiger partial charge is 0.467 e. The molecule has 1 aliphatic heterocycles. The molecule has 4 rings (SSSR count). The van der Waals surface area contributed by atoms with E-state index in [1.54, 1.807) is 0 Å². The Morgan fingerprint density at radius 1 is 0.840 bits per heavy atom. The first kappa shape index (κ1) is 15.6. The quantitative estimate of drug-likeness (QED) is 0.522. The van der Waals surface area contributed by atoms with Crippen molar-refractivity contribution in [1.29, 1.82) is 0 Å². The van der Waals surface area contributed by atoms with Gasteiger partial charge in [-0.05, 0) is 22.3 Å². The lowest BCUT2D eigenvalue weighted by molar-refractivity contribution is -0.147. The SMILES string of the molecule is COC(=O)C1(c2ccccc2)OC1c1ccc(-c2ccccc2)cc1. The molecule has 0 aromatic heterocycles. The number of benzene rings is 3. The maximum absolute atomic E-state index is 12.4. The van der Waals surface area contributed by atoms with Gasteiger partial charge < -0.3 is 9.47 Å². The topological polar surface area (TPSA) is 38.8 Å². The average Bonchev–Trinajstić information content (AvgIpc) is 3.46. The van der Waals surface area contributed by atoms with Gasteiger partial charge in [0.05, 0.1) is 7.11 Å². The van der Waals surface area contributed by atoms with Crippen molar-refractivity contribution >= 4 is 5.97 Å². The third-order valence-corrected chi connectivity index (χ3v) is 4.63. The van der Waals surface area contributed by atoms with Crippen LogP contribution in [0.2, 0.25) is 0 Å². The molecule has 1 saturated heterocycles. The molecule has 1 heterocycles. The molecule has 1 fully saturated rings. The van der Waals surface area contributed by atoms with Crippen molar-refractivity contribution in [2.24, 2.45) is 0 Å². The molecule has 0 N–H and O–H groups in total. The number of hydrogen-bond donors (Lipinski definition) is 0. The van der Waals surface area contributed by atoms with Crippen LogP contribution in [0.3, 0.4) is 0 Å². The molecule has 3 nitrogen and oxygen atoms in total. The number of ether oxygens (including phenoxy) is 2. The maximum Gasteiger partial charge on any atom is 0.346 e. The fourth-order valence-corrected chi connectivity index (χ4v) is 3.27. The summed E-state index contributed by atoms with van der Waals surface area (Å²) in [6, 6.07) is 27.8. The monoisotopic (exact) mass is 330 g/mol. The van der Waals surface area contributed by atoms with Gasteiger partial charge >= 0.3 is 5.97 Å². The van der Waals surface area contributed by atoms with E-state index in [1.807, 2.05) is 60.7 Å². The molecule has 25 heavy (non-hydrogen) atoms. The van der Waals surface area contributed by atoms with Crippen LogP contribution in [0.5, 0.6) is 0 Å². The summed E-state index contributed by atoms with van der Waals surface area (Å²) < 4.78 is 10.9. The summed E-state index contributed by atoms with van der Waals surface area (Å²) in [5.41, 5.74) is 3.04. The van der Waals surface area contributed by atoms with Gasteiger partial charge in [0.25, 0.3) is 0 Å². The normalized spacial score (nSPS) is 21.6. The minimum absolute atomic E-state index is 0.327. The van der Waals surface area contributed by atoms with Crippen molar-refractivity contribution in [1.82, 2.24) is 0 Å². The molecular formula is C22H18O3. The summed E-state index contributed by atoms with van der Waals surface area (Å²) in [6.45, 7) is 0. The van der Waals surface area contributed by atoms with Crippen molar-refractivity contribution in [3.63, 3.8) is 0 Å². The Morgan fingerprint density at radius 3 is 2.00 bits per heavy atom. The van der Waals surface area contributed by atoms with E-state index >= 15 is 0 Å². The first-order valence-electron chi connectivity index (χ1n) is 8.23. The maximum atomic E-state index is 12.4. The molecule has 0 bridgehead atoms. The highest BCUT2D eigenvalue weighted by Gasteiger charge is 2.65. The zero-order chi connectivity index (χ0) is 17.3. The summed E-state index contributed by atoms with van der Waals surface area (Å²) in [4.78, 5) is 12.4. The molecule has 2 unspecified atom stereocenters. The molecule has 0 saturated carbocycles. The van der Waals surface area contributed by atoms with Gasteiger partial charge in [-0.25, -0.2) is 4.79 Å². The lowest BCUT2D eigenvalue weighted by Gasteiger charge is -2.11. The second kappa shape index (κ2) is 6.19. The number of epoxide rings is 1. The minimum atomic E-state index is -1.04. The Bertz CT molecular complexity index is 872. The standard InChI is InChI=1S/C22H18O3/c1-24-21(23)22(19-10-6-3-7-11-19)20(25-22)18-14-12-17(13-15-18)16-8-4-2-5-9-16/h2-15,20H,1H3. The van der Waals surface area contributed by atoms with E-state index in [-0.39, 0.29) is 12.1 Å². The highest BCUT2D eigenvalue weighted by atomic mass is 16.7. The second-order valence-electron chi connectivity index (χ2n) is 6.08. The Hall–Kier alpha value is -2.91. The van der Waals surface area contributed by atoms with Crippen LogP contribution >= 0.6 is 0 Å². The van der Waals surface area contributed by atoms with Crippen LogP contribution in [-0.4, -0.2) is 13.1 Å². The number of carbonyl (C=O) groups excluding carboxylic acids is 1. The average molecular weight is 330 g/mol. The van der Waals surface area contributed by atoms with Crippen molar-refractivity contribution in [3.8, 4) is 11.1 Å². The minimum Gasteiger partial charge on any atom is -0.467 e. The van der Waals surface area contributed by atoms with Crippen molar-refractivity contribution in [2.45, 2.75) is 11.7 Å². The molecule has 3 heteroatoms. The summed E-state index contributed by atoms with van der Waals surface area (Å²) in [6.07, 6.45) is -0.327. The van der Waals surface area contributed by atoms with Crippen molar-refractivity contribution < 1.29 is 14.3 Å². The molecule has 124 valence electrons. The number of carbonyl (C=O) groups is 1. The number of hydrogen-bond acceptors (Lipinski definition) is 3. The Balaban J connectivity index is 1.65. The van der Waals surface area contributed by atoms with E-state index in [0.717, 1.165) is 22.3 Å². The van der Waals surface area contributed by atoms with Gasteiger partial charge in [0.15, 0.2) is 0 Å². The van der Waals surface area contributed by atoms with Gasteiger partial charge in [-0.15, -0.1) is 0 Å². The number of methoxy groups -OCH3 is 1. The summed E-state index contributed by atoms with van der Waals surface area (Å²) in [5, 5.41) is 0. The van der Waals surface area contributed by atoms with Crippen molar-refractivity contribution in [2.75, 3.05) is 7.11 Å². The van der Waals surface area contributed by atoms with Crippen LogP contribution in [0.4, 0.5) is 0 Å². The van der Waals surface area contributed by atoms with E-state index in [2.05, 4.69) is 24.3 Å². The first-order chi connectivity index (χ1) is 12.3. The molecule has 1 aliphatic rings. The molecule has 0 spiro atoms.